The third kappa shape index (κ3) is 4.22. The fourth-order valence-electron chi connectivity index (χ4n) is 1.61. The minimum absolute atomic E-state index is 0.114. The summed E-state index contributed by atoms with van der Waals surface area (Å²) in [6.07, 6.45) is 0.102. The third-order valence-corrected chi connectivity index (χ3v) is 2.92. The number of carbonyl (C=O) groups is 3. The molecule has 0 aromatic rings. The van der Waals surface area contributed by atoms with Crippen molar-refractivity contribution in [1.82, 2.24) is 10.2 Å². The third-order valence-electron chi connectivity index (χ3n) is 2.92. The van der Waals surface area contributed by atoms with Crippen LogP contribution in [0.5, 0.6) is 0 Å². The van der Waals surface area contributed by atoms with Crippen LogP contribution in [0.1, 0.15) is 41.0 Å². The summed E-state index contributed by atoms with van der Waals surface area (Å²) in [5, 5.41) is 2.59. The molecule has 0 aliphatic carbocycles. The molecule has 1 fully saturated rings. The van der Waals surface area contributed by atoms with Gasteiger partial charge in [0.15, 0.2) is 5.78 Å². The Morgan fingerprint density at radius 1 is 1.32 bits per heavy atom. The van der Waals surface area contributed by atoms with Crippen molar-refractivity contribution in [3.05, 3.63) is 0 Å². The first kappa shape index (κ1) is 15.5. The summed E-state index contributed by atoms with van der Waals surface area (Å²) in [4.78, 5) is 36.2. The molecule has 2 atom stereocenters. The number of rotatable bonds is 3. The largest absolute Gasteiger partial charge is 0.444 e. The highest BCUT2D eigenvalue weighted by atomic mass is 16.6. The van der Waals surface area contributed by atoms with E-state index in [-0.39, 0.29) is 11.7 Å². The van der Waals surface area contributed by atoms with Crippen molar-refractivity contribution in [2.75, 3.05) is 6.54 Å². The maximum absolute atomic E-state index is 11.9. The van der Waals surface area contributed by atoms with E-state index < -0.39 is 23.8 Å². The van der Waals surface area contributed by atoms with Crippen molar-refractivity contribution in [1.29, 1.82) is 0 Å². The molecule has 1 saturated heterocycles. The van der Waals surface area contributed by atoms with Crippen molar-refractivity contribution in [2.45, 2.75) is 58.7 Å². The van der Waals surface area contributed by atoms with Gasteiger partial charge in [-0.05, 0) is 41.0 Å². The lowest BCUT2D eigenvalue weighted by atomic mass is 10.0. The van der Waals surface area contributed by atoms with Crippen LogP contribution in [-0.4, -0.2) is 46.9 Å². The molecular formula is C13H22N2O4. The highest BCUT2D eigenvalue weighted by molar-refractivity contribution is 5.91. The molecule has 19 heavy (non-hydrogen) atoms. The van der Waals surface area contributed by atoms with Gasteiger partial charge in [-0.3, -0.25) is 14.5 Å². The van der Waals surface area contributed by atoms with E-state index in [9.17, 15) is 14.4 Å². The zero-order chi connectivity index (χ0) is 14.8. The zero-order valence-corrected chi connectivity index (χ0v) is 12.1. The molecule has 2 unspecified atom stereocenters. The number of amides is 2. The van der Waals surface area contributed by atoms with Crippen LogP contribution in [0.4, 0.5) is 4.79 Å². The Bertz CT molecular complexity index is 387. The van der Waals surface area contributed by atoms with E-state index >= 15 is 0 Å². The molecule has 0 spiro atoms. The zero-order valence-electron chi connectivity index (χ0n) is 12.1. The fraction of sp³-hybridized carbons (Fsp3) is 0.769. The number of ketones is 1. The Morgan fingerprint density at radius 3 is 2.26 bits per heavy atom. The first-order valence-corrected chi connectivity index (χ1v) is 6.42. The molecule has 1 N–H and O–H groups in total. The first-order valence-electron chi connectivity index (χ1n) is 6.42. The van der Waals surface area contributed by atoms with Gasteiger partial charge in [-0.2, -0.15) is 0 Å². The predicted molar refractivity (Wildman–Crippen MR) is 69.6 cm³/mol. The van der Waals surface area contributed by atoms with Crippen LogP contribution >= 0.6 is 0 Å². The molecule has 6 nitrogen and oxygen atoms in total. The highest BCUT2D eigenvalue weighted by Gasteiger charge is 2.40. The predicted octanol–water partition coefficient (Wildman–Crippen LogP) is 1.09. The molecule has 1 rings (SSSR count). The van der Waals surface area contributed by atoms with Crippen LogP contribution in [0.3, 0.4) is 0 Å². The summed E-state index contributed by atoms with van der Waals surface area (Å²) in [5.74, 6) is -0.420. The second-order valence-corrected chi connectivity index (χ2v) is 5.82. The second-order valence-electron chi connectivity index (χ2n) is 5.82. The van der Waals surface area contributed by atoms with Gasteiger partial charge in [0.2, 0.25) is 5.91 Å². The number of nitrogens with one attached hydrogen (secondary N) is 1. The lowest BCUT2D eigenvalue weighted by Crippen LogP contribution is -2.60. The molecule has 2 amide bonds. The van der Waals surface area contributed by atoms with Crippen molar-refractivity contribution >= 4 is 17.8 Å². The highest BCUT2D eigenvalue weighted by Crippen LogP contribution is 2.21. The number of Topliss-reactive ketones (excluding diaryl/α,β-unsaturated/α-hetero) is 1. The first-order chi connectivity index (χ1) is 8.61. The normalized spacial score (nSPS) is 20.3. The topological polar surface area (TPSA) is 75.7 Å². The van der Waals surface area contributed by atoms with Crippen LogP contribution in [0.2, 0.25) is 0 Å². The van der Waals surface area contributed by atoms with Crippen molar-refractivity contribution in [3.8, 4) is 0 Å². The standard InChI is InChI=1S/C13H22N2O4/c1-8(9(2)16)14-11(17)10-6-7-15(10)12(18)19-13(3,4)5/h8,10H,6-7H2,1-5H3,(H,14,17). The molecule has 108 valence electrons. The van der Waals surface area contributed by atoms with Gasteiger partial charge in [-0.1, -0.05) is 0 Å². The van der Waals surface area contributed by atoms with E-state index in [1.165, 1.54) is 11.8 Å². The summed E-state index contributed by atoms with van der Waals surface area (Å²) in [7, 11) is 0. The van der Waals surface area contributed by atoms with E-state index in [4.69, 9.17) is 4.74 Å². The number of ether oxygens (including phenoxy) is 1. The average molecular weight is 270 g/mol. The molecule has 1 aliphatic heterocycles. The average Bonchev–Trinajstić information content (AvgIpc) is 2.11. The van der Waals surface area contributed by atoms with Gasteiger partial charge in [0.1, 0.15) is 11.6 Å². The van der Waals surface area contributed by atoms with Crippen LogP contribution in [0.15, 0.2) is 0 Å². The quantitative estimate of drug-likeness (QED) is 0.833. The van der Waals surface area contributed by atoms with E-state index in [1.54, 1.807) is 27.7 Å². The second kappa shape index (κ2) is 5.59. The monoisotopic (exact) mass is 270 g/mol. The number of hydrogen-bond donors (Lipinski definition) is 1. The van der Waals surface area contributed by atoms with Gasteiger partial charge < -0.3 is 10.1 Å². The Morgan fingerprint density at radius 2 is 1.89 bits per heavy atom. The van der Waals surface area contributed by atoms with Gasteiger partial charge in [-0.25, -0.2) is 4.79 Å². The van der Waals surface area contributed by atoms with Gasteiger partial charge in [0, 0.05) is 6.54 Å². The Kier molecular flexibility index (Phi) is 4.55. The molecule has 1 aliphatic rings. The smallest absolute Gasteiger partial charge is 0.410 e. The molecule has 0 saturated carbocycles. The van der Waals surface area contributed by atoms with Crippen LogP contribution in [-0.2, 0) is 14.3 Å². The number of carbonyl (C=O) groups excluding carboxylic acids is 3. The van der Waals surface area contributed by atoms with Gasteiger partial charge >= 0.3 is 6.09 Å². The molecule has 0 bridgehead atoms. The maximum Gasteiger partial charge on any atom is 0.410 e. The van der Waals surface area contributed by atoms with Crippen LogP contribution in [0, 0.1) is 0 Å². The minimum atomic E-state index is -0.583. The van der Waals surface area contributed by atoms with E-state index in [0.29, 0.717) is 13.0 Å². The number of likely N-dealkylation sites (tertiary alicyclic amines) is 1. The molecule has 0 aromatic carbocycles. The fourth-order valence-corrected chi connectivity index (χ4v) is 1.61. The summed E-state index contributed by atoms with van der Waals surface area (Å²) in [6.45, 7) is 8.86. The van der Waals surface area contributed by atoms with E-state index in [0.717, 1.165) is 0 Å². The van der Waals surface area contributed by atoms with Crippen LogP contribution < -0.4 is 5.32 Å². The van der Waals surface area contributed by atoms with Crippen molar-refractivity contribution in [3.63, 3.8) is 0 Å². The molecule has 6 heteroatoms. The van der Waals surface area contributed by atoms with Crippen LogP contribution in [0.25, 0.3) is 0 Å². The van der Waals surface area contributed by atoms with E-state index in [1.807, 2.05) is 0 Å². The van der Waals surface area contributed by atoms with E-state index in [2.05, 4.69) is 5.32 Å². The molecular weight excluding hydrogens is 248 g/mol. The lowest BCUT2D eigenvalue weighted by molar-refractivity contribution is -0.133. The Labute approximate surface area is 113 Å². The summed E-state index contributed by atoms with van der Waals surface area (Å²) < 4.78 is 5.21. The van der Waals surface area contributed by atoms with Crippen molar-refractivity contribution in [2.24, 2.45) is 0 Å². The summed E-state index contributed by atoms with van der Waals surface area (Å²) in [5.41, 5.74) is -0.583. The number of hydrogen-bond acceptors (Lipinski definition) is 4. The minimum Gasteiger partial charge on any atom is -0.444 e. The van der Waals surface area contributed by atoms with Gasteiger partial charge in [0.25, 0.3) is 0 Å². The summed E-state index contributed by atoms with van der Waals surface area (Å²) >= 11 is 0. The molecule has 1 heterocycles. The van der Waals surface area contributed by atoms with Gasteiger partial charge in [0.05, 0.1) is 6.04 Å². The molecule has 0 radical (unpaired) electrons. The molecule has 0 aromatic heterocycles. The Hall–Kier alpha value is -1.59. The van der Waals surface area contributed by atoms with Crippen molar-refractivity contribution < 1.29 is 19.1 Å². The SMILES string of the molecule is CC(=O)C(C)NC(=O)C1CCN1C(=O)OC(C)(C)C. The lowest BCUT2D eigenvalue weighted by Gasteiger charge is -2.40. The maximum atomic E-state index is 11.9. The van der Waals surface area contributed by atoms with Gasteiger partial charge in [-0.15, -0.1) is 0 Å². The Balaban J connectivity index is 2.54. The number of nitrogens with zero attached hydrogens (tertiary/aromatic N) is 1. The summed E-state index contributed by atoms with van der Waals surface area (Å²) in [6, 6.07) is -1.06.